The van der Waals surface area contributed by atoms with Crippen LogP contribution in [0.1, 0.15) is 25.7 Å². The molecule has 98 valence electrons. The molecule has 2 saturated heterocycles. The first-order valence-electron chi connectivity index (χ1n) is 5.98. The second-order valence-corrected chi connectivity index (χ2v) is 4.66. The van der Waals surface area contributed by atoms with Gasteiger partial charge < -0.3 is 15.5 Å². The van der Waals surface area contributed by atoms with E-state index in [1.54, 1.807) is 9.80 Å². The first-order chi connectivity index (χ1) is 7.66. The third kappa shape index (κ3) is 3.57. The van der Waals surface area contributed by atoms with Gasteiger partial charge >= 0.3 is 0 Å². The van der Waals surface area contributed by atoms with Crippen molar-refractivity contribution in [2.45, 2.75) is 31.7 Å². The van der Waals surface area contributed by atoms with Crippen LogP contribution in [0.2, 0.25) is 0 Å². The minimum absolute atomic E-state index is 0. The summed E-state index contributed by atoms with van der Waals surface area (Å²) >= 11 is 0. The van der Waals surface area contributed by atoms with Gasteiger partial charge in [0.2, 0.25) is 11.8 Å². The van der Waals surface area contributed by atoms with Crippen LogP contribution in [-0.2, 0) is 9.59 Å². The molecule has 2 N–H and O–H groups in total. The van der Waals surface area contributed by atoms with Crippen molar-refractivity contribution in [2.75, 3.05) is 26.2 Å². The molecule has 6 heteroatoms. The van der Waals surface area contributed by atoms with Crippen molar-refractivity contribution in [1.82, 2.24) is 9.80 Å². The summed E-state index contributed by atoms with van der Waals surface area (Å²) in [6.45, 7) is 2.39. The highest BCUT2D eigenvalue weighted by molar-refractivity contribution is 5.86. The smallest absolute Gasteiger partial charge is 0.242 e. The molecule has 0 spiro atoms. The minimum Gasteiger partial charge on any atom is -0.340 e. The predicted molar refractivity (Wildman–Crippen MR) is 66.9 cm³/mol. The summed E-state index contributed by atoms with van der Waals surface area (Å²) in [6, 6.07) is 0.104. The molecule has 1 atom stereocenters. The molecule has 0 bridgehead atoms. The summed E-state index contributed by atoms with van der Waals surface area (Å²) in [5.41, 5.74) is 5.82. The van der Waals surface area contributed by atoms with E-state index in [9.17, 15) is 9.59 Å². The number of carbonyl (C=O) groups is 2. The van der Waals surface area contributed by atoms with Crippen molar-refractivity contribution < 1.29 is 9.59 Å². The number of piperidine rings is 1. The Hall–Kier alpha value is -0.810. The van der Waals surface area contributed by atoms with E-state index in [-0.39, 0.29) is 36.8 Å². The van der Waals surface area contributed by atoms with E-state index in [2.05, 4.69) is 0 Å². The molecule has 2 rings (SSSR count). The zero-order valence-corrected chi connectivity index (χ0v) is 10.7. The summed E-state index contributed by atoms with van der Waals surface area (Å²) in [4.78, 5) is 26.8. The average Bonchev–Trinajstić information content (AvgIpc) is 2.64. The van der Waals surface area contributed by atoms with Crippen LogP contribution in [0, 0.1) is 0 Å². The number of amides is 2. The van der Waals surface area contributed by atoms with Gasteiger partial charge in [0, 0.05) is 32.1 Å². The van der Waals surface area contributed by atoms with E-state index in [0.717, 1.165) is 32.4 Å². The van der Waals surface area contributed by atoms with Crippen LogP contribution in [0.15, 0.2) is 0 Å². The molecule has 0 aromatic carbocycles. The summed E-state index contributed by atoms with van der Waals surface area (Å²) in [5.74, 6) is 0.153. The maximum absolute atomic E-state index is 11.9. The van der Waals surface area contributed by atoms with Gasteiger partial charge in [-0.05, 0) is 19.3 Å². The number of likely N-dealkylation sites (tertiary alicyclic amines) is 2. The molecule has 5 nitrogen and oxygen atoms in total. The van der Waals surface area contributed by atoms with Crippen molar-refractivity contribution in [2.24, 2.45) is 5.73 Å². The van der Waals surface area contributed by atoms with Gasteiger partial charge in [-0.25, -0.2) is 0 Å². The average molecular weight is 262 g/mol. The zero-order chi connectivity index (χ0) is 11.5. The van der Waals surface area contributed by atoms with Gasteiger partial charge in [-0.3, -0.25) is 9.59 Å². The van der Waals surface area contributed by atoms with Crippen LogP contribution >= 0.6 is 12.4 Å². The number of rotatable bonds is 2. The number of carbonyl (C=O) groups excluding carboxylic acids is 2. The lowest BCUT2D eigenvalue weighted by molar-refractivity contribution is -0.139. The molecule has 2 aliphatic rings. The molecule has 2 amide bonds. The van der Waals surface area contributed by atoms with E-state index in [1.165, 1.54) is 0 Å². The number of hydrogen-bond donors (Lipinski definition) is 1. The summed E-state index contributed by atoms with van der Waals surface area (Å²) in [5, 5.41) is 0. The molecule has 2 aliphatic heterocycles. The fourth-order valence-electron chi connectivity index (χ4n) is 2.37. The maximum atomic E-state index is 11.9. The lowest BCUT2D eigenvalue weighted by atomic mass is 10.1. The second-order valence-electron chi connectivity index (χ2n) is 4.66. The van der Waals surface area contributed by atoms with Crippen molar-refractivity contribution in [3.63, 3.8) is 0 Å². The lowest BCUT2D eigenvalue weighted by Gasteiger charge is -2.32. The van der Waals surface area contributed by atoms with Gasteiger partial charge in [-0.1, -0.05) is 0 Å². The minimum atomic E-state index is 0. The van der Waals surface area contributed by atoms with Gasteiger partial charge in [0.15, 0.2) is 0 Å². The highest BCUT2D eigenvalue weighted by Gasteiger charge is 2.26. The number of nitrogens with two attached hydrogens (primary N) is 1. The van der Waals surface area contributed by atoms with Crippen LogP contribution < -0.4 is 5.73 Å². The predicted octanol–water partition coefficient (Wildman–Crippen LogP) is -0.0197. The SMILES string of the molecule is Cl.N[C@@H]1CCCN(C(=O)CN2CCCC2=O)C1. The first kappa shape index (κ1) is 14.3. The molecule has 0 unspecified atom stereocenters. The third-order valence-corrected chi connectivity index (χ3v) is 3.31. The topological polar surface area (TPSA) is 66.6 Å². The summed E-state index contributed by atoms with van der Waals surface area (Å²) in [6.07, 6.45) is 3.44. The monoisotopic (exact) mass is 261 g/mol. The highest BCUT2D eigenvalue weighted by atomic mass is 35.5. The normalized spacial score (nSPS) is 24.8. The van der Waals surface area contributed by atoms with Crippen LogP contribution in [0.4, 0.5) is 0 Å². The lowest BCUT2D eigenvalue weighted by Crippen LogP contribution is -2.49. The quantitative estimate of drug-likeness (QED) is 0.760. The Morgan fingerprint density at radius 1 is 1.35 bits per heavy atom. The van der Waals surface area contributed by atoms with Gasteiger partial charge in [-0.2, -0.15) is 0 Å². The molecule has 0 radical (unpaired) electrons. The Labute approximate surface area is 108 Å². The van der Waals surface area contributed by atoms with Crippen molar-refractivity contribution >= 4 is 24.2 Å². The maximum Gasteiger partial charge on any atom is 0.242 e. The Morgan fingerprint density at radius 3 is 2.71 bits per heavy atom. The fraction of sp³-hybridized carbons (Fsp3) is 0.818. The molecule has 0 aliphatic carbocycles. The Balaban J connectivity index is 0.00000144. The molecule has 2 fully saturated rings. The second kappa shape index (κ2) is 6.21. The van der Waals surface area contributed by atoms with Crippen LogP contribution in [0.3, 0.4) is 0 Å². The molecular formula is C11H20ClN3O2. The summed E-state index contributed by atoms with van der Waals surface area (Å²) < 4.78 is 0. The van der Waals surface area contributed by atoms with Gasteiger partial charge in [-0.15, -0.1) is 12.4 Å². The van der Waals surface area contributed by atoms with E-state index in [4.69, 9.17) is 5.73 Å². The van der Waals surface area contributed by atoms with Gasteiger partial charge in [0.25, 0.3) is 0 Å². The van der Waals surface area contributed by atoms with E-state index < -0.39 is 0 Å². The van der Waals surface area contributed by atoms with E-state index in [1.807, 2.05) is 0 Å². The number of nitrogens with zero attached hydrogens (tertiary/aromatic N) is 2. The van der Waals surface area contributed by atoms with Crippen LogP contribution in [0.5, 0.6) is 0 Å². The first-order valence-corrected chi connectivity index (χ1v) is 5.98. The molecular weight excluding hydrogens is 242 g/mol. The number of hydrogen-bond acceptors (Lipinski definition) is 3. The highest BCUT2D eigenvalue weighted by Crippen LogP contribution is 2.12. The Bertz CT molecular complexity index is 298. The molecule has 0 aromatic heterocycles. The molecule has 2 heterocycles. The largest absolute Gasteiger partial charge is 0.340 e. The number of halogens is 1. The standard InChI is InChI=1S/C11H19N3O2.ClH/c12-9-3-1-5-13(7-9)11(16)8-14-6-2-4-10(14)15;/h9H,1-8,12H2;1H/t9-;/m1./s1. The van der Waals surface area contributed by atoms with Crippen molar-refractivity contribution in [3.8, 4) is 0 Å². The Morgan fingerprint density at radius 2 is 2.12 bits per heavy atom. The Kier molecular flexibility index (Phi) is 5.21. The van der Waals surface area contributed by atoms with Crippen LogP contribution in [0.25, 0.3) is 0 Å². The van der Waals surface area contributed by atoms with Crippen LogP contribution in [-0.4, -0.2) is 53.8 Å². The zero-order valence-electron chi connectivity index (χ0n) is 9.93. The molecule has 17 heavy (non-hydrogen) atoms. The summed E-state index contributed by atoms with van der Waals surface area (Å²) in [7, 11) is 0. The van der Waals surface area contributed by atoms with Crippen molar-refractivity contribution in [1.29, 1.82) is 0 Å². The molecule has 0 saturated carbocycles. The van der Waals surface area contributed by atoms with E-state index in [0.29, 0.717) is 13.0 Å². The van der Waals surface area contributed by atoms with Gasteiger partial charge in [0.1, 0.15) is 0 Å². The molecule has 0 aromatic rings. The third-order valence-electron chi connectivity index (χ3n) is 3.31. The van der Waals surface area contributed by atoms with Crippen molar-refractivity contribution in [3.05, 3.63) is 0 Å². The fourth-order valence-corrected chi connectivity index (χ4v) is 2.37. The van der Waals surface area contributed by atoms with Gasteiger partial charge in [0.05, 0.1) is 6.54 Å². The van der Waals surface area contributed by atoms with E-state index >= 15 is 0 Å².